The third kappa shape index (κ3) is 4.80. The molecule has 2 aromatic rings. The lowest BCUT2D eigenvalue weighted by molar-refractivity contribution is -0.250. The molecule has 1 fully saturated rings. The molecule has 28 heavy (non-hydrogen) atoms. The second-order valence-electron chi connectivity index (χ2n) is 7.57. The number of carbonyl (C=O) groups is 1. The topological polar surface area (TPSA) is 77.2 Å². The van der Waals surface area contributed by atoms with Crippen LogP contribution in [0.25, 0.3) is 10.9 Å². The number of aromatic amines is 1. The van der Waals surface area contributed by atoms with Crippen molar-refractivity contribution in [2.45, 2.75) is 56.5 Å². The molecule has 1 aliphatic carbocycles. The molecule has 0 bridgehead atoms. The van der Waals surface area contributed by atoms with Crippen molar-refractivity contribution in [1.29, 1.82) is 0 Å². The molecule has 0 aliphatic heterocycles. The molecule has 1 heterocycles. The molecule has 1 saturated carbocycles. The molecule has 1 amide bonds. The Balaban J connectivity index is 1.53. The molecule has 1 unspecified atom stereocenters. The van der Waals surface area contributed by atoms with E-state index >= 15 is 0 Å². The quantitative estimate of drug-likeness (QED) is 0.465. The molecule has 0 radical (unpaired) electrons. The minimum absolute atomic E-state index is 0.0171. The van der Waals surface area contributed by atoms with E-state index in [1.807, 2.05) is 18.2 Å². The molecule has 9 heteroatoms. The van der Waals surface area contributed by atoms with Crippen LogP contribution < -0.4 is 10.6 Å². The van der Waals surface area contributed by atoms with Crippen molar-refractivity contribution in [2.75, 3.05) is 6.54 Å². The van der Waals surface area contributed by atoms with Crippen LogP contribution >= 0.6 is 22.6 Å². The average Bonchev–Trinajstić information content (AvgIpc) is 3.07. The van der Waals surface area contributed by atoms with Gasteiger partial charge in [0, 0.05) is 33.8 Å². The predicted octanol–water partition coefficient (Wildman–Crippen LogP) is 3.72. The largest absolute Gasteiger partial charge is 0.418 e. The van der Waals surface area contributed by atoms with E-state index in [0.29, 0.717) is 31.2 Å². The maximum Gasteiger partial charge on any atom is 0.418 e. The highest BCUT2D eigenvalue weighted by Gasteiger charge is 2.49. The zero-order valence-electron chi connectivity index (χ0n) is 15.4. The zero-order valence-corrected chi connectivity index (χ0v) is 17.5. The molecule has 1 aromatic heterocycles. The van der Waals surface area contributed by atoms with Crippen molar-refractivity contribution in [3.63, 3.8) is 0 Å². The number of aliphatic hydroxyl groups is 1. The van der Waals surface area contributed by atoms with E-state index in [1.54, 1.807) is 6.20 Å². The summed E-state index contributed by atoms with van der Waals surface area (Å²) in [7, 11) is 0. The van der Waals surface area contributed by atoms with Crippen molar-refractivity contribution in [3.8, 4) is 0 Å². The number of nitrogens with one attached hydrogen (secondary N) is 3. The molecule has 1 aromatic carbocycles. The Morgan fingerprint density at radius 3 is 2.54 bits per heavy atom. The third-order valence-electron chi connectivity index (χ3n) is 5.28. The molecular weight excluding hydrogens is 486 g/mol. The van der Waals surface area contributed by atoms with Gasteiger partial charge < -0.3 is 20.7 Å². The van der Waals surface area contributed by atoms with Crippen LogP contribution in [-0.2, 0) is 0 Å². The smallest absolute Gasteiger partial charge is 0.380 e. The van der Waals surface area contributed by atoms with Gasteiger partial charge in [-0.1, -0.05) is 0 Å². The van der Waals surface area contributed by atoms with Gasteiger partial charge in [0.05, 0.1) is 11.1 Å². The highest BCUT2D eigenvalue weighted by atomic mass is 127. The zero-order chi connectivity index (χ0) is 20.5. The number of halogens is 4. The van der Waals surface area contributed by atoms with Gasteiger partial charge >= 0.3 is 6.18 Å². The van der Waals surface area contributed by atoms with Crippen LogP contribution in [0.5, 0.6) is 0 Å². The Morgan fingerprint density at radius 1 is 1.25 bits per heavy atom. The van der Waals surface area contributed by atoms with Gasteiger partial charge in [-0.2, -0.15) is 13.2 Å². The number of hydrogen-bond acceptors (Lipinski definition) is 3. The Hall–Kier alpha value is -1.33. The van der Waals surface area contributed by atoms with Gasteiger partial charge in [0.25, 0.3) is 5.91 Å². The van der Waals surface area contributed by atoms with Gasteiger partial charge in [0.2, 0.25) is 0 Å². The fraction of sp³-hybridized carbons (Fsp3) is 0.526. The second kappa shape index (κ2) is 8.19. The van der Waals surface area contributed by atoms with Crippen LogP contribution in [0.4, 0.5) is 13.2 Å². The highest BCUT2D eigenvalue weighted by molar-refractivity contribution is 14.1. The number of hydrogen-bond donors (Lipinski definition) is 4. The van der Waals surface area contributed by atoms with Gasteiger partial charge in [-0.25, -0.2) is 0 Å². The van der Waals surface area contributed by atoms with Crippen molar-refractivity contribution in [2.24, 2.45) is 0 Å². The molecule has 0 spiro atoms. The van der Waals surface area contributed by atoms with Crippen LogP contribution in [0, 0.1) is 3.57 Å². The summed E-state index contributed by atoms with van der Waals surface area (Å²) in [6, 6.07) is 5.63. The van der Waals surface area contributed by atoms with E-state index in [4.69, 9.17) is 0 Å². The number of aromatic nitrogens is 1. The van der Waals surface area contributed by atoms with Crippen LogP contribution in [-0.4, -0.2) is 46.4 Å². The standard InChI is InChI=1S/C19H23F3IN3O2/c1-18(28,19(20,21)22)10-25-13-2-4-14(5-3-13)26-17(27)15-9-12(23)8-11-6-7-24-16(11)15/h6-9,13-14,24-25,28H,2-5,10H2,1H3,(H,26,27)/t13-,14-,18?. The van der Waals surface area contributed by atoms with Gasteiger partial charge in [-0.05, 0) is 73.4 Å². The lowest BCUT2D eigenvalue weighted by Crippen LogP contribution is -2.53. The summed E-state index contributed by atoms with van der Waals surface area (Å²) in [5, 5.41) is 16.4. The molecule has 4 N–H and O–H groups in total. The minimum Gasteiger partial charge on any atom is -0.380 e. The lowest BCUT2D eigenvalue weighted by Gasteiger charge is -2.33. The number of fused-ring (bicyclic) bond motifs is 1. The second-order valence-corrected chi connectivity index (χ2v) is 8.82. The van der Waals surface area contributed by atoms with E-state index in [1.165, 1.54) is 0 Å². The maximum absolute atomic E-state index is 12.7. The predicted molar refractivity (Wildman–Crippen MR) is 109 cm³/mol. The van der Waals surface area contributed by atoms with E-state index in [2.05, 4.69) is 38.2 Å². The first-order chi connectivity index (χ1) is 13.1. The van der Waals surface area contributed by atoms with Crippen molar-refractivity contribution in [3.05, 3.63) is 33.5 Å². The number of H-pyrrole nitrogens is 1. The van der Waals surface area contributed by atoms with E-state index in [9.17, 15) is 23.1 Å². The van der Waals surface area contributed by atoms with Crippen molar-refractivity contribution < 1.29 is 23.1 Å². The van der Waals surface area contributed by atoms with Crippen LogP contribution in [0.15, 0.2) is 24.4 Å². The van der Waals surface area contributed by atoms with Gasteiger partial charge in [0.1, 0.15) is 0 Å². The fourth-order valence-electron chi connectivity index (χ4n) is 3.46. The van der Waals surface area contributed by atoms with Crippen LogP contribution in [0.1, 0.15) is 43.0 Å². The normalized spacial score (nSPS) is 22.8. The Labute approximate surface area is 174 Å². The number of carbonyl (C=O) groups excluding carboxylic acids is 1. The number of amides is 1. The monoisotopic (exact) mass is 509 g/mol. The van der Waals surface area contributed by atoms with Gasteiger partial charge in [0.15, 0.2) is 5.60 Å². The SMILES string of the molecule is CC(O)(CN[C@H]1CC[C@H](NC(=O)c2cc(I)cc3cc[nH]c23)CC1)C(F)(F)F. The molecule has 0 saturated heterocycles. The number of alkyl halides is 3. The third-order valence-corrected chi connectivity index (χ3v) is 5.90. The van der Waals surface area contributed by atoms with Gasteiger partial charge in [-0.3, -0.25) is 4.79 Å². The molecule has 3 rings (SSSR count). The summed E-state index contributed by atoms with van der Waals surface area (Å²) >= 11 is 2.18. The van der Waals surface area contributed by atoms with Gasteiger partial charge in [-0.15, -0.1) is 0 Å². The average molecular weight is 509 g/mol. The van der Waals surface area contributed by atoms with Crippen LogP contribution in [0.2, 0.25) is 0 Å². The van der Waals surface area contributed by atoms with Crippen LogP contribution in [0.3, 0.4) is 0 Å². The Bertz CT molecular complexity index is 843. The summed E-state index contributed by atoms with van der Waals surface area (Å²) in [5.41, 5.74) is -1.36. The molecule has 1 atom stereocenters. The molecule has 5 nitrogen and oxygen atoms in total. The number of benzene rings is 1. The first-order valence-corrected chi connectivity index (χ1v) is 10.2. The van der Waals surface area contributed by atoms with Crippen molar-refractivity contribution >= 4 is 39.4 Å². The molecular formula is C19H23F3IN3O2. The molecule has 154 valence electrons. The van der Waals surface area contributed by atoms with E-state index in [0.717, 1.165) is 21.4 Å². The summed E-state index contributed by atoms with van der Waals surface area (Å²) in [5.74, 6) is -0.151. The molecule has 1 aliphatic rings. The summed E-state index contributed by atoms with van der Waals surface area (Å²) in [4.78, 5) is 15.8. The summed E-state index contributed by atoms with van der Waals surface area (Å²) in [6.07, 6.45) is -0.233. The number of rotatable bonds is 5. The van der Waals surface area contributed by atoms with E-state index < -0.39 is 18.3 Å². The first kappa shape index (κ1) is 21.4. The summed E-state index contributed by atoms with van der Waals surface area (Å²) in [6.45, 7) is 0.236. The Kier molecular flexibility index (Phi) is 6.26. The minimum atomic E-state index is -4.67. The van der Waals surface area contributed by atoms with Crippen molar-refractivity contribution in [1.82, 2.24) is 15.6 Å². The summed E-state index contributed by atoms with van der Waals surface area (Å²) < 4.78 is 39.2. The van der Waals surface area contributed by atoms with E-state index in [-0.39, 0.29) is 18.0 Å². The lowest BCUT2D eigenvalue weighted by atomic mass is 9.90. The highest BCUT2D eigenvalue weighted by Crippen LogP contribution is 2.30. The Morgan fingerprint density at radius 2 is 1.89 bits per heavy atom. The fourth-order valence-corrected chi connectivity index (χ4v) is 4.11. The first-order valence-electron chi connectivity index (χ1n) is 9.17. The maximum atomic E-state index is 12.7.